The summed E-state index contributed by atoms with van der Waals surface area (Å²) in [6, 6.07) is 0.0657. The second kappa shape index (κ2) is 7.25. The molecule has 0 aromatic heterocycles. The number of rotatable bonds is 7. The summed E-state index contributed by atoms with van der Waals surface area (Å²) in [4.78, 5) is 24.0. The van der Waals surface area contributed by atoms with Crippen molar-refractivity contribution in [2.24, 2.45) is 5.92 Å². The van der Waals surface area contributed by atoms with E-state index in [9.17, 15) is 9.59 Å². The van der Waals surface area contributed by atoms with Crippen LogP contribution < -0.4 is 0 Å². The zero-order valence-corrected chi connectivity index (χ0v) is 10.7. The lowest BCUT2D eigenvalue weighted by molar-refractivity contribution is -0.139. The lowest BCUT2D eigenvalue weighted by Gasteiger charge is -2.27. The molecule has 0 saturated heterocycles. The Morgan fingerprint density at radius 3 is 2.19 bits per heavy atom. The third-order valence-electron chi connectivity index (χ3n) is 2.73. The van der Waals surface area contributed by atoms with Crippen LogP contribution in [0.3, 0.4) is 0 Å². The number of carboxylic acids is 1. The monoisotopic (exact) mass is 229 g/mol. The van der Waals surface area contributed by atoms with Crippen LogP contribution >= 0.6 is 0 Å². The van der Waals surface area contributed by atoms with E-state index in [1.54, 1.807) is 4.90 Å². The van der Waals surface area contributed by atoms with Gasteiger partial charge in [0.05, 0.1) is 6.42 Å². The Labute approximate surface area is 97.6 Å². The number of aliphatic carboxylic acids is 1. The molecular formula is C12H23NO3. The molecule has 0 fully saturated rings. The molecule has 1 N–H and O–H groups in total. The van der Waals surface area contributed by atoms with Crippen molar-refractivity contribution in [3.8, 4) is 0 Å². The second-order valence-electron chi connectivity index (χ2n) is 4.54. The molecule has 1 unspecified atom stereocenters. The summed E-state index contributed by atoms with van der Waals surface area (Å²) in [6.45, 7) is 8.22. The Kier molecular flexibility index (Phi) is 6.77. The van der Waals surface area contributed by atoms with Gasteiger partial charge < -0.3 is 10.0 Å². The van der Waals surface area contributed by atoms with Crippen molar-refractivity contribution in [3.63, 3.8) is 0 Å². The molecule has 1 amide bonds. The van der Waals surface area contributed by atoms with Crippen molar-refractivity contribution >= 4 is 11.9 Å². The Hall–Kier alpha value is -1.06. The summed E-state index contributed by atoms with van der Waals surface area (Å²) in [6.07, 6.45) is 1.50. The van der Waals surface area contributed by atoms with Crippen LogP contribution in [0.1, 0.15) is 47.0 Å². The van der Waals surface area contributed by atoms with Crippen LogP contribution in [-0.4, -0.2) is 34.5 Å². The zero-order valence-electron chi connectivity index (χ0n) is 10.7. The van der Waals surface area contributed by atoms with E-state index in [0.29, 0.717) is 18.9 Å². The Balaban J connectivity index is 4.29. The molecule has 0 aliphatic rings. The maximum absolute atomic E-state index is 11.9. The summed E-state index contributed by atoms with van der Waals surface area (Å²) in [5.41, 5.74) is 0. The smallest absolute Gasteiger partial charge is 0.305 e. The van der Waals surface area contributed by atoms with Crippen LogP contribution in [0, 0.1) is 5.92 Å². The summed E-state index contributed by atoms with van der Waals surface area (Å²) < 4.78 is 0. The fourth-order valence-corrected chi connectivity index (χ4v) is 1.45. The van der Waals surface area contributed by atoms with Gasteiger partial charge in [-0.05, 0) is 19.8 Å². The minimum Gasteiger partial charge on any atom is -0.481 e. The summed E-state index contributed by atoms with van der Waals surface area (Å²) >= 11 is 0. The van der Waals surface area contributed by atoms with Crippen LogP contribution in [-0.2, 0) is 9.59 Å². The van der Waals surface area contributed by atoms with Gasteiger partial charge in [0.15, 0.2) is 0 Å². The van der Waals surface area contributed by atoms with E-state index < -0.39 is 5.97 Å². The van der Waals surface area contributed by atoms with E-state index in [1.807, 2.05) is 20.8 Å². The summed E-state index contributed by atoms with van der Waals surface area (Å²) in [7, 11) is 0. The van der Waals surface area contributed by atoms with E-state index in [-0.39, 0.29) is 18.4 Å². The van der Waals surface area contributed by atoms with Gasteiger partial charge in [-0.3, -0.25) is 9.59 Å². The second-order valence-corrected chi connectivity index (χ2v) is 4.54. The Morgan fingerprint density at radius 1 is 1.25 bits per heavy atom. The fraction of sp³-hybridized carbons (Fsp3) is 0.833. The fourth-order valence-electron chi connectivity index (χ4n) is 1.45. The van der Waals surface area contributed by atoms with Crippen LogP contribution in [0.25, 0.3) is 0 Å². The predicted molar refractivity (Wildman–Crippen MR) is 63.2 cm³/mol. The molecule has 94 valence electrons. The summed E-state index contributed by atoms with van der Waals surface area (Å²) in [5.74, 6) is -0.439. The molecule has 1 atom stereocenters. The number of carboxylic acid groups (broad SMARTS) is 1. The van der Waals surface area contributed by atoms with Gasteiger partial charge in [0, 0.05) is 19.0 Å². The Morgan fingerprint density at radius 2 is 1.81 bits per heavy atom. The molecule has 4 heteroatoms. The maximum atomic E-state index is 11.9. The van der Waals surface area contributed by atoms with Crippen LogP contribution in [0.4, 0.5) is 0 Å². The third kappa shape index (κ3) is 5.73. The molecular weight excluding hydrogens is 206 g/mol. The van der Waals surface area contributed by atoms with Crippen molar-refractivity contribution in [3.05, 3.63) is 0 Å². The van der Waals surface area contributed by atoms with Crippen LogP contribution in [0.2, 0.25) is 0 Å². The number of amides is 1. The first-order valence-corrected chi connectivity index (χ1v) is 5.89. The van der Waals surface area contributed by atoms with Gasteiger partial charge in [0.1, 0.15) is 0 Å². The van der Waals surface area contributed by atoms with Crippen LogP contribution in [0.5, 0.6) is 0 Å². The molecule has 0 spiro atoms. The Bertz CT molecular complexity index is 238. The van der Waals surface area contributed by atoms with Gasteiger partial charge in [-0.15, -0.1) is 0 Å². The molecule has 0 radical (unpaired) electrons. The topological polar surface area (TPSA) is 57.6 Å². The standard InChI is InChI=1S/C12H23NO3/c1-5-10(4)8-11(14)13(9(2)3)7-6-12(15)16/h9-10H,5-8H2,1-4H3,(H,15,16). The van der Waals surface area contributed by atoms with Gasteiger partial charge in [-0.2, -0.15) is 0 Å². The molecule has 0 rings (SSSR count). The molecule has 0 aliphatic carbocycles. The van der Waals surface area contributed by atoms with E-state index in [1.165, 1.54) is 0 Å². The maximum Gasteiger partial charge on any atom is 0.305 e. The van der Waals surface area contributed by atoms with Crippen molar-refractivity contribution in [1.29, 1.82) is 0 Å². The van der Waals surface area contributed by atoms with Crippen molar-refractivity contribution in [2.45, 2.75) is 53.0 Å². The van der Waals surface area contributed by atoms with Crippen LogP contribution in [0.15, 0.2) is 0 Å². The molecule has 4 nitrogen and oxygen atoms in total. The molecule has 0 aliphatic heterocycles. The molecule has 0 saturated carbocycles. The first kappa shape index (κ1) is 14.9. The van der Waals surface area contributed by atoms with E-state index in [2.05, 4.69) is 6.92 Å². The molecule has 0 aromatic rings. The van der Waals surface area contributed by atoms with Gasteiger partial charge >= 0.3 is 5.97 Å². The molecule has 0 aromatic carbocycles. The highest BCUT2D eigenvalue weighted by atomic mass is 16.4. The van der Waals surface area contributed by atoms with Gasteiger partial charge in [-0.1, -0.05) is 20.3 Å². The quantitative estimate of drug-likeness (QED) is 0.727. The molecule has 0 bridgehead atoms. The lowest BCUT2D eigenvalue weighted by atomic mass is 10.0. The van der Waals surface area contributed by atoms with Gasteiger partial charge in [-0.25, -0.2) is 0 Å². The van der Waals surface area contributed by atoms with Crippen molar-refractivity contribution in [1.82, 2.24) is 4.90 Å². The number of hydrogen-bond donors (Lipinski definition) is 1. The van der Waals surface area contributed by atoms with Gasteiger partial charge in [0.25, 0.3) is 0 Å². The third-order valence-corrected chi connectivity index (χ3v) is 2.73. The first-order valence-electron chi connectivity index (χ1n) is 5.89. The predicted octanol–water partition coefficient (Wildman–Crippen LogP) is 2.13. The average Bonchev–Trinajstić information content (AvgIpc) is 2.16. The lowest BCUT2D eigenvalue weighted by Crippen LogP contribution is -2.39. The first-order chi connectivity index (χ1) is 7.38. The van der Waals surface area contributed by atoms with E-state index in [0.717, 1.165) is 6.42 Å². The van der Waals surface area contributed by atoms with Gasteiger partial charge in [0.2, 0.25) is 5.91 Å². The number of hydrogen-bond acceptors (Lipinski definition) is 2. The zero-order chi connectivity index (χ0) is 12.7. The largest absolute Gasteiger partial charge is 0.481 e. The molecule has 0 heterocycles. The minimum atomic E-state index is -0.859. The number of carbonyl (C=O) groups excluding carboxylic acids is 1. The average molecular weight is 229 g/mol. The highest BCUT2D eigenvalue weighted by Crippen LogP contribution is 2.11. The number of nitrogens with zero attached hydrogens (tertiary/aromatic N) is 1. The van der Waals surface area contributed by atoms with E-state index >= 15 is 0 Å². The SMILES string of the molecule is CCC(C)CC(=O)N(CCC(=O)O)C(C)C. The number of carbonyl (C=O) groups is 2. The normalized spacial score (nSPS) is 12.6. The summed E-state index contributed by atoms with van der Waals surface area (Å²) in [5, 5.41) is 8.62. The van der Waals surface area contributed by atoms with Crippen molar-refractivity contribution < 1.29 is 14.7 Å². The highest BCUT2D eigenvalue weighted by molar-refractivity contribution is 5.77. The molecule has 16 heavy (non-hydrogen) atoms. The highest BCUT2D eigenvalue weighted by Gasteiger charge is 2.19. The van der Waals surface area contributed by atoms with Crippen molar-refractivity contribution in [2.75, 3.05) is 6.54 Å². The minimum absolute atomic E-state index is 0.0183. The van der Waals surface area contributed by atoms with E-state index in [4.69, 9.17) is 5.11 Å².